The van der Waals surface area contributed by atoms with Crippen LogP contribution in [0.1, 0.15) is 49.3 Å². The second-order valence-corrected chi connectivity index (χ2v) is 9.95. The van der Waals surface area contributed by atoms with E-state index in [4.69, 9.17) is 0 Å². The number of nitrogens with zero attached hydrogens (tertiary/aromatic N) is 2. The molecule has 10 heteroatoms. The second-order valence-electron chi connectivity index (χ2n) is 9.95. The second kappa shape index (κ2) is 17.2. The molecular formula is C33H41N5O5. The number of aromatic hydroxyl groups is 1. The summed E-state index contributed by atoms with van der Waals surface area (Å²) in [6.45, 7) is 5.23. The number of aliphatic imine (C=N–C) groups is 1. The molecule has 2 amide bonds. The average Bonchev–Trinajstić information content (AvgIpc) is 3.01. The summed E-state index contributed by atoms with van der Waals surface area (Å²) < 4.78 is 0. The van der Waals surface area contributed by atoms with Crippen LogP contribution in [0.5, 0.6) is 5.75 Å². The minimum Gasteiger partial charge on any atom is -0.508 e. The van der Waals surface area contributed by atoms with Gasteiger partial charge >= 0.3 is 5.97 Å². The lowest BCUT2D eigenvalue weighted by Gasteiger charge is -2.34. The number of carboxylic acids is 1. The van der Waals surface area contributed by atoms with Crippen molar-refractivity contribution in [1.82, 2.24) is 20.9 Å². The smallest absolute Gasteiger partial charge is 0.322 e. The Morgan fingerprint density at radius 1 is 0.814 bits per heavy atom. The highest BCUT2D eigenvalue weighted by Gasteiger charge is 2.35. The van der Waals surface area contributed by atoms with Crippen LogP contribution in [0.2, 0.25) is 0 Å². The van der Waals surface area contributed by atoms with Crippen LogP contribution in [-0.2, 0) is 20.9 Å². The molecule has 0 aliphatic heterocycles. The summed E-state index contributed by atoms with van der Waals surface area (Å²) in [5, 5.41) is 27.9. The first-order chi connectivity index (χ1) is 20.8. The molecule has 5 N–H and O–H groups in total. The Balaban J connectivity index is 2.03. The van der Waals surface area contributed by atoms with Crippen LogP contribution in [0, 0.1) is 0 Å². The number of phenolic OH excluding ortho intramolecular Hbond substituents is 1. The number of aliphatic carboxylic acids is 1. The summed E-state index contributed by atoms with van der Waals surface area (Å²) in [6, 6.07) is 24.2. The molecule has 0 heterocycles. The van der Waals surface area contributed by atoms with Crippen LogP contribution in [0.4, 0.5) is 0 Å². The molecule has 0 aliphatic carbocycles. The van der Waals surface area contributed by atoms with Crippen LogP contribution in [0.25, 0.3) is 0 Å². The maximum atomic E-state index is 14.6. The summed E-state index contributed by atoms with van der Waals surface area (Å²) in [4.78, 5) is 45.7. The summed E-state index contributed by atoms with van der Waals surface area (Å²) in [6.07, 6.45) is 0.715. The van der Waals surface area contributed by atoms with E-state index in [2.05, 4.69) is 20.9 Å². The van der Waals surface area contributed by atoms with Gasteiger partial charge in [-0.3, -0.25) is 19.4 Å². The van der Waals surface area contributed by atoms with E-state index >= 15 is 0 Å². The number of benzene rings is 3. The molecule has 0 saturated carbocycles. The molecule has 0 aromatic heterocycles. The van der Waals surface area contributed by atoms with E-state index in [-0.39, 0.29) is 24.6 Å². The van der Waals surface area contributed by atoms with Crippen LogP contribution >= 0.6 is 0 Å². The van der Waals surface area contributed by atoms with Gasteiger partial charge in [0.25, 0.3) is 0 Å². The van der Waals surface area contributed by atoms with Crippen molar-refractivity contribution in [2.45, 2.75) is 45.2 Å². The Morgan fingerprint density at radius 2 is 1.37 bits per heavy atom. The topological polar surface area (TPSA) is 143 Å². The number of hydrogen-bond acceptors (Lipinski definition) is 5. The molecule has 0 spiro atoms. The van der Waals surface area contributed by atoms with Crippen molar-refractivity contribution in [3.8, 4) is 5.75 Å². The molecule has 0 radical (unpaired) electrons. The third-order valence-electron chi connectivity index (χ3n) is 6.77. The van der Waals surface area contributed by atoms with Crippen molar-refractivity contribution in [1.29, 1.82) is 0 Å². The first-order valence-electron chi connectivity index (χ1n) is 14.5. The zero-order valence-corrected chi connectivity index (χ0v) is 24.7. The lowest BCUT2D eigenvalue weighted by atomic mass is 9.89. The van der Waals surface area contributed by atoms with Gasteiger partial charge in [0.1, 0.15) is 18.3 Å². The number of carboxylic acid groups (broad SMARTS) is 1. The number of hydrogen-bond donors (Lipinski definition) is 5. The number of rotatable bonds is 15. The molecule has 0 aliphatic rings. The van der Waals surface area contributed by atoms with E-state index in [0.29, 0.717) is 37.6 Å². The van der Waals surface area contributed by atoms with Crippen molar-refractivity contribution < 1.29 is 24.6 Å². The van der Waals surface area contributed by atoms with Gasteiger partial charge in [0, 0.05) is 26.2 Å². The minimum atomic E-state index is -1.18. The molecule has 228 valence electrons. The molecule has 10 nitrogen and oxygen atoms in total. The SMILES string of the molecule is CCNC(=NCCC[C@H](C(=O)NCC(=O)O)N(Cc1ccc(O)cc1)C(=O)C(c1ccccc1)c1ccccc1)NCC. The summed E-state index contributed by atoms with van der Waals surface area (Å²) in [7, 11) is 0. The summed E-state index contributed by atoms with van der Waals surface area (Å²) >= 11 is 0. The van der Waals surface area contributed by atoms with E-state index in [1.807, 2.05) is 74.5 Å². The number of amides is 2. The summed E-state index contributed by atoms with van der Waals surface area (Å²) in [5.74, 6) is -2.01. The van der Waals surface area contributed by atoms with Gasteiger partial charge in [-0.05, 0) is 55.5 Å². The molecule has 0 fully saturated rings. The number of carbonyl (C=O) groups is 3. The quantitative estimate of drug-likeness (QED) is 0.104. The third-order valence-corrected chi connectivity index (χ3v) is 6.77. The Morgan fingerprint density at radius 3 is 1.88 bits per heavy atom. The fourth-order valence-corrected chi connectivity index (χ4v) is 4.77. The van der Waals surface area contributed by atoms with E-state index in [9.17, 15) is 24.6 Å². The number of guanidine groups is 1. The van der Waals surface area contributed by atoms with Crippen molar-refractivity contribution >= 4 is 23.7 Å². The van der Waals surface area contributed by atoms with Gasteiger partial charge in [0.15, 0.2) is 5.96 Å². The molecule has 1 atom stereocenters. The zero-order chi connectivity index (χ0) is 31.0. The standard InChI is InChI=1S/C33H41N5O5/c1-3-34-33(35-4-2)36-21-11-16-28(31(42)37-22-29(40)41)38(23-24-17-19-27(39)20-18-24)32(43)30(25-12-7-5-8-13-25)26-14-9-6-10-15-26/h5-10,12-15,17-20,28,30,39H,3-4,11,16,21-23H2,1-2H3,(H,37,42)(H,40,41)(H2,34,35,36)/t28-/m1/s1. The average molecular weight is 588 g/mol. The fourth-order valence-electron chi connectivity index (χ4n) is 4.77. The molecule has 43 heavy (non-hydrogen) atoms. The molecule has 0 bridgehead atoms. The van der Waals surface area contributed by atoms with E-state index in [0.717, 1.165) is 11.1 Å². The van der Waals surface area contributed by atoms with Crippen molar-refractivity contribution in [2.75, 3.05) is 26.2 Å². The van der Waals surface area contributed by atoms with Gasteiger partial charge in [-0.25, -0.2) is 0 Å². The van der Waals surface area contributed by atoms with Gasteiger partial charge in [-0.2, -0.15) is 0 Å². The summed E-state index contributed by atoms with van der Waals surface area (Å²) in [5.41, 5.74) is 2.25. The van der Waals surface area contributed by atoms with Gasteiger partial charge in [-0.15, -0.1) is 0 Å². The number of carbonyl (C=O) groups excluding carboxylic acids is 2. The molecular weight excluding hydrogens is 546 g/mol. The Hall–Kier alpha value is -4.86. The van der Waals surface area contributed by atoms with Gasteiger partial charge in [-0.1, -0.05) is 72.8 Å². The van der Waals surface area contributed by atoms with Gasteiger partial charge < -0.3 is 31.1 Å². The lowest BCUT2D eigenvalue weighted by molar-refractivity contribution is -0.143. The molecule has 3 rings (SSSR count). The molecule has 0 unspecified atom stereocenters. The molecule has 3 aromatic carbocycles. The van der Waals surface area contributed by atoms with E-state index < -0.39 is 30.4 Å². The highest BCUT2D eigenvalue weighted by molar-refractivity contribution is 5.93. The predicted octanol–water partition coefficient (Wildman–Crippen LogP) is 3.48. The maximum Gasteiger partial charge on any atom is 0.322 e. The first kappa shape index (κ1) is 32.7. The zero-order valence-electron chi connectivity index (χ0n) is 24.7. The van der Waals surface area contributed by atoms with Gasteiger partial charge in [0.05, 0.1) is 5.92 Å². The Bertz CT molecular complexity index is 1290. The van der Waals surface area contributed by atoms with Crippen molar-refractivity contribution in [2.24, 2.45) is 4.99 Å². The van der Waals surface area contributed by atoms with Gasteiger partial charge in [0.2, 0.25) is 11.8 Å². The molecule has 3 aromatic rings. The maximum absolute atomic E-state index is 14.6. The van der Waals surface area contributed by atoms with Crippen LogP contribution in [-0.4, -0.2) is 71.1 Å². The monoisotopic (exact) mass is 587 g/mol. The predicted molar refractivity (Wildman–Crippen MR) is 167 cm³/mol. The largest absolute Gasteiger partial charge is 0.508 e. The number of phenols is 1. The normalized spacial score (nSPS) is 11.3. The Kier molecular flexibility index (Phi) is 13.0. The Labute approximate surface area is 252 Å². The lowest BCUT2D eigenvalue weighted by Crippen LogP contribution is -2.51. The van der Waals surface area contributed by atoms with E-state index in [1.165, 1.54) is 17.0 Å². The highest BCUT2D eigenvalue weighted by Crippen LogP contribution is 2.29. The third kappa shape index (κ3) is 10.2. The molecule has 0 saturated heterocycles. The van der Waals surface area contributed by atoms with Crippen LogP contribution in [0.15, 0.2) is 89.9 Å². The van der Waals surface area contributed by atoms with E-state index in [1.54, 1.807) is 12.1 Å². The first-order valence-corrected chi connectivity index (χ1v) is 14.5. The number of nitrogens with one attached hydrogen (secondary N) is 3. The van der Waals surface area contributed by atoms with Crippen molar-refractivity contribution in [3.05, 3.63) is 102 Å². The minimum absolute atomic E-state index is 0.0732. The van der Waals surface area contributed by atoms with Crippen LogP contribution < -0.4 is 16.0 Å². The highest BCUT2D eigenvalue weighted by atomic mass is 16.4. The van der Waals surface area contributed by atoms with Crippen molar-refractivity contribution in [3.63, 3.8) is 0 Å². The van der Waals surface area contributed by atoms with Crippen LogP contribution in [0.3, 0.4) is 0 Å². The fraction of sp³-hybridized carbons (Fsp3) is 0.333.